The fraction of sp³-hybridized carbons (Fsp3) is 0.400. The zero-order valence-corrected chi connectivity index (χ0v) is 16.8. The molecule has 0 spiro atoms. The number of aromatic carboxylic acids is 1. The molecule has 1 aliphatic heterocycles. The first kappa shape index (κ1) is 20.4. The Kier molecular flexibility index (Phi) is 6.16. The van der Waals surface area contributed by atoms with Crippen LogP contribution in [-0.2, 0) is 4.79 Å². The number of anilines is 4. The Bertz CT molecular complexity index is 918. The Morgan fingerprint density at radius 3 is 2.86 bits per heavy atom. The highest BCUT2D eigenvalue weighted by atomic mass is 16.5. The van der Waals surface area contributed by atoms with Crippen molar-refractivity contribution in [1.29, 1.82) is 0 Å². The van der Waals surface area contributed by atoms with Gasteiger partial charge in [-0.1, -0.05) is 13.3 Å². The summed E-state index contributed by atoms with van der Waals surface area (Å²) in [6.45, 7) is 3.52. The SMILES string of the molecule is CCCCN1CCC(=O)N(C)c2cnc(Nc3ccc(C(=O)O)cc3OC)nc21. The maximum Gasteiger partial charge on any atom is 0.335 e. The highest BCUT2D eigenvalue weighted by molar-refractivity contribution is 5.97. The summed E-state index contributed by atoms with van der Waals surface area (Å²) < 4.78 is 5.30. The number of nitrogens with zero attached hydrogens (tertiary/aromatic N) is 4. The molecule has 9 heteroatoms. The molecule has 1 aromatic heterocycles. The molecule has 0 atom stereocenters. The average molecular weight is 399 g/mol. The first-order valence-corrected chi connectivity index (χ1v) is 9.51. The van der Waals surface area contributed by atoms with E-state index in [1.165, 1.54) is 19.2 Å². The lowest BCUT2D eigenvalue weighted by Gasteiger charge is -2.24. The normalized spacial score (nSPS) is 13.7. The molecule has 0 saturated carbocycles. The molecule has 0 fully saturated rings. The minimum absolute atomic E-state index is 0.0282. The first-order valence-electron chi connectivity index (χ1n) is 9.51. The number of carboxylic acids is 1. The summed E-state index contributed by atoms with van der Waals surface area (Å²) in [6, 6.07) is 4.53. The molecule has 2 N–H and O–H groups in total. The molecule has 3 rings (SSSR count). The molecule has 0 radical (unpaired) electrons. The van der Waals surface area contributed by atoms with Crippen LogP contribution in [0.1, 0.15) is 36.5 Å². The smallest absolute Gasteiger partial charge is 0.335 e. The monoisotopic (exact) mass is 399 g/mol. The maximum absolute atomic E-state index is 12.3. The molecule has 0 unspecified atom stereocenters. The molecule has 2 aromatic rings. The van der Waals surface area contributed by atoms with Crippen molar-refractivity contribution in [3.63, 3.8) is 0 Å². The van der Waals surface area contributed by atoms with E-state index in [4.69, 9.17) is 9.84 Å². The lowest BCUT2D eigenvalue weighted by molar-refractivity contribution is -0.118. The highest BCUT2D eigenvalue weighted by Gasteiger charge is 2.25. The van der Waals surface area contributed by atoms with Crippen LogP contribution in [0.25, 0.3) is 0 Å². The number of carboxylic acid groups (broad SMARTS) is 1. The van der Waals surface area contributed by atoms with Crippen molar-refractivity contribution >= 4 is 35.0 Å². The van der Waals surface area contributed by atoms with Gasteiger partial charge in [0.15, 0.2) is 5.82 Å². The minimum atomic E-state index is -1.03. The molecule has 2 heterocycles. The topological polar surface area (TPSA) is 108 Å². The number of nitrogens with one attached hydrogen (secondary N) is 1. The summed E-state index contributed by atoms with van der Waals surface area (Å²) in [6.07, 6.45) is 4.09. The zero-order valence-electron chi connectivity index (χ0n) is 16.8. The van der Waals surface area contributed by atoms with Gasteiger partial charge in [-0.2, -0.15) is 4.98 Å². The van der Waals surface area contributed by atoms with Gasteiger partial charge >= 0.3 is 5.97 Å². The molecule has 1 aromatic carbocycles. The van der Waals surface area contributed by atoms with Gasteiger partial charge in [-0.15, -0.1) is 0 Å². The quantitative estimate of drug-likeness (QED) is 0.732. The number of hydrogen-bond donors (Lipinski definition) is 2. The molecule has 29 heavy (non-hydrogen) atoms. The number of aromatic nitrogens is 2. The molecule has 0 bridgehead atoms. The largest absolute Gasteiger partial charge is 0.495 e. The van der Waals surface area contributed by atoms with E-state index in [0.29, 0.717) is 41.9 Å². The van der Waals surface area contributed by atoms with E-state index < -0.39 is 5.97 Å². The Morgan fingerprint density at radius 1 is 1.38 bits per heavy atom. The van der Waals surface area contributed by atoms with Gasteiger partial charge in [0.25, 0.3) is 0 Å². The third-order valence-corrected chi connectivity index (χ3v) is 4.86. The Balaban J connectivity index is 1.95. The van der Waals surface area contributed by atoms with Crippen molar-refractivity contribution in [2.24, 2.45) is 0 Å². The second-order valence-corrected chi connectivity index (χ2v) is 6.79. The molecular weight excluding hydrogens is 374 g/mol. The van der Waals surface area contributed by atoms with Gasteiger partial charge in [0, 0.05) is 26.6 Å². The van der Waals surface area contributed by atoms with E-state index in [1.54, 1.807) is 24.2 Å². The molecule has 9 nitrogen and oxygen atoms in total. The Labute approximate surface area is 169 Å². The fourth-order valence-electron chi connectivity index (χ4n) is 3.15. The van der Waals surface area contributed by atoms with Gasteiger partial charge in [-0.3, -0.25) is 4.79 Å². The van der Waals surface area contributed by atoms with E-state index in [9.17, 15) is 9.59 Å². The average Bonchev–Trinajstić information content (AvgIpc) is 2.83. The van der Waals surface area contributed by atoms with Gasteiger partial charge in [0.2, 0.25) is 11.9 Å². The number of unbranched alkanes of at least 4 members (excludes halogenated alkanes) is 1. The van der Waals surface area contributed by atoms with Crippen LogP contribution in [0, 0.1) is 0 Å². The van der Waals surface area contributed by atoms with E-state index >= 15 is 0 Å². The van der Waals surface area contributed by atoms with E-state index in [1.807, 2.05) is 0 Å². The molecule has 0 aliphatic carbocycles. The number of carbonyl (C=O) groups excluding carboxylic acids is 1. The predicted octanol–water partition coefficient (Wildman–Crippen LogP) is 2.90. The number of hydrogen-bond acceptors (Lipinski definition) is 7. The van der Waals surface area contributed by atoms with Crippen molar-refractivity contribution in [2.45, 2.75) is 26.2 Å². The zero-order chi connectivity index (χ0) is 21.0. The van der Waals surface area contributed by atoms with E-state index in [2.05, 4.69) is 27.1 Å². The number of carbonyl (C=O) groups is 2. The predicted molar refractivity (Wildman–Crippen MR) is 110 cm³/mol. The van der Waals surface area contributed by atoms with Crippen molar-refractivity contribution in [3.8, 4) is 5.75 Å². The number of benzene rings is 1. The van der Waals surface area contributed by atoms with Crippen molar-refractivity contribution in [2.75, 3.05) is 42.4 Å². The van der Waals surface area contributed by atoms with Crippen LogP contribution in [-0.4, -0.2) is 54.2 Å². The van der Waals surface area contributed by atoms with Crippen molar-refractivity contribution < 1.29 is 19.4 Å². The number of methoxy groups -OCH3 is 1. The summed E-state index contributed by atoms with van der Waals surface area (Å²) in [5.74, 6) is 0.411. The van der Waals surface area contributed by atoms with Gasteiger partial charge in [0.05, 0.1) is 24.6 Å². The van der Waals surface area contributed by atoms with Crippen LogP contribution in [0.3, 0.4) is 0 Å². The summed E-state index contributed by atoms with van der Waals surface area (Å²) in [4.78, 5) is 36.2. The lowest BCUT2D eigenvalue weighted by atomic mass is 10.2. The van der Waals surface area contributed by atoms with Crippen LogP contribution in [0.15, 0.2) is 24.4 Å². The minimum Gasteiger partial charge on any atom is -0.495 e. The van der Waals surface area contributed by atoms with Gasteiger partial charge in [0.1, 0.15) is 11.4 Å². The number of amides is 1. The van der Waals surface area contributed by atoms with Crippen LogP contribution >= 0.6 is 0 Å². The van der Waals surface area contributed by atoms with Crippen LogP contribution in [0.4, 0.5) is 23.1 Å². The molecule has 1 amide bonds. The molecule has 0 saturated heterocycles. The van der Waals surface area contributed by atoms with Crippen molar-refractivity contribution in [3.05, 3.63) is 30.0 Å². The van der Waals surface area contributed by atoms with Gasteiger partial charge in [-0.05, 0) is 24.6 Å². The van der Waals surface area contributed by atoms with E-state index in [0.717, 1.165) is 19.4 Å². The lowest BCUT2D eigenvalue weighted by Crippen LogP contribution is -2.27. The number of rotatable bonds is 7. The first-order chi connectivity index (χ1) is 13.9. The summed E-state index contributed by atoms with van der Waals surface area (Å²) in [5, 5.41) is 12.2. The Morgan fingerprint density at radius 2 is 2.17 bits per heavy atom. The number of fused-ring (bicyclic) bond motifs is 1. The third kappa shape index (κ3) is 4.39. The summed E-state index contributed by atoms with van der Waals surface area (Å²) >= 11 is 0. The highest BCUT2D eigenvalue weighted by Crippen LogP contribution is 2.33. The summed E-state index contributed by atoms with van der Waals surface area (Å²) in [5.41, 5.74) is 1.35. The van der Waals surface area contributed by atoms with Crippen LogP contribution in [0.2, 0.25) is 0 Å². The van der Waals surface area contributed by atoms with Crippen LogP contribution in [0.5, 0.6) is 5.75 Å². The molecule has 154 valence electrons. The van der Waals surface area contributed by atoms with E-state index in [-0.39, 0.29) is 11.5 Å². The second-order valence-electron chi connectivity index (χ2n) is 6.79. The number of ether oxygens (including phenoxy) is 1. The standard InChI is InChI=1S/C20H25N5O4/c1-4-5-9-25-10-8-17(26)24(2)15-12-21-20(23-18(15)25)22-14-7-6-13(19(27)28)11-16(14)29-3/h6-7,11-12H,4-5,8-10H2,1-3H3,(H,27,28)(H,21,22,23). The molecule has 1 aliphatic rings. The van der Waals surface area contributed by atoms with Crippen LogP contribution < -0.4 is 19.9 Å². The van der Waals surface area contributed by atoms with Crippen molar-refractivity contribution in [1.82, 2.24) is 9.97 Å². The Hall–Kier alpha value is -3.36. The van der Waals surface area contributed by atoms with Gasteiger partial charge in [-0.25, -0.2) is 9.78 Å². The molecular formula is C20H25N5O4. The maximum atomic E-state index is 12.3. The van der Waals surface area contributed by atoms with Gasteiger partial charge < -0.3 is 25.0 Å². The summed E-state index contributed by atoms with van der Waals surface area (Å²) in [7, 11) is 3.20. The fourth-order valence-corrected chi connectivity index (χ4v) is 3.15. The third-order valence-electron chi connectivity index (χ3n) is 4.86. The second kappa shape index (κ2) is 8.76.